The van der Waals surface area contributed by atoms with Crippen LogP contribution in [-0.4, -0.2) is 64.8 Å². The van der Waals surface area contributed by atoms with E-state index in [1.807, 2.05) is 0 Å². The van der Waals surface area contributed by atoms with Crippen LogP contribution < -0.4 is 4.74 Å². The number of pyridine rings is 1. The van der Waals surface area contributed by atoms with Gasteiger partial charge in [-0.05, 0) is 81.6 Å². The van der Waals surface area contributed by atoms with E-state index in [-0.39, 0.29) is 29.0 Å². The van der Waals surface area contributed by atoms with Gasteiger partial charge in [0.2, 0.25) is 0 Å². The second-order valence-electron chi connectivity index (χ2n) is 9.85. The summed E-state index contributed by atoms with van der Waals surface area (Å²) in [5.74, 6) is -0.617. The Labute approximate surface area is 212 Å². The lowest BCUT2D eigenvalue weighted by molar-refractivity contribution is -0.274. The molecular formula is C27H30F4N4O2. The van der Waals surface area contributed by atoms with Crippen LogP contribution in [-0.2, 0) is 0 Å². The Morgan fingerprint density at radius 1 is 1.05 bits per heavy atom. The van der Waals surface area contributed by atoms with E-state index in [4.69, 9.17) is 0 Å². The molecule has 0 atom stereocenters. The normalized spacial score (nSPS) is 18.5. The van der Waals surface area contributed by atoms with Gasteiger partial charge in [-0.3, -0.25) is 4.79 Å². The molecule has 2 saturated heterocycles. The van der Waals surface area contributed by atoms with Gasteiger partial charge in [0.1, 0.15) is 17.2 Å². The van der Waals surface area contributed by atoms with Gasteiger partial charge in [-0.1, -0.05) is 6.92 Å². The molecule has 0 saturated carbocycles. The number of nitrogens with one attached hydrogen (secondary N) is 1. The summed E-state index contributed by atoms with van der Waals surface area (Å²) in [6.07, 6.45) is -0.211. The maximum atomic E-state index is 15.1. The summed E-state index contributed by atoms with van der Waals surface area (Å²) >= 11 is 0. The average Bonchev–Trinajstić information content (AvgIpc) is 3.32. The van der Waals surface area contributed by atoms with Gasteiger partial charge >= 0.3 is 6.36 Å². The standard InChI is InChI=1S/C27H30F4N4O2/c1-2-34-11-7-17(8-12-34)23-15-21-24(22(28)16-32-25(21)33-23)18-9-13-35(14-10-18)26(36)19-3-5-20(6-4-19)37-27(29,30)31/h3-6,15-18H,2,7-14H2,1H3,(H,32,33). The molecule has 0 radical (unpaired) electrons. The molecule has 5 rings (SSSR count). The monoisotopic (exact) mass is 518 g/mol. The van der Waals surface area contributed by atoms with Gasteiger partial charge in [-0.2, -0.15) is 0 Å². The largest absolute Gasteiger partial charge is 0.573 e. The minimum absolute atomic E-state index is 0.0531. The molecule has 6 nitrogen and oxygen atoms in total. The van der Waals surface area contributed by atoms with Crippen LogP contribution in [0, 0.1) is 5.82 Å². The van der Waals surface area contributed by atoms with E-state index in [2.05, 4.69) is 32.6 Å². The molecule has 3 aromatic rings. The molecule has 1 N–H and O–H groups in total. The number of alkyl halides is 3. The molecule has 2 aromatic heterocycles. The summed E-state index contributed by atoms with van der Waals surface area (Å²) in [6.45, 7) is 6.19. The van der Waals surface area contributed by atoms with Crippen molar-refractivity contribution in [3.05, 3.63) is 59.2 Å². The number of carbonyl (C=O) groups is 1. The van der Waals surface area contributed by atoms with Gasteiger partial charge in [0.05, 0.1) is 6.20 Å². The number of nitrogens with zero attached hydrogens (tertiary/aromatic N) is 3. The number of aromatic nitrogens is 2. The van der Waals surface area contributed by atoms with Crippen molar-refractivity contribution in [2.75, 3.05) is 32.7 Å². The van der Waals surface area contributed by atoms with Crippen LogP contribution in [0.3, 0.4) is 0 Å². The van der Waals surface area contributed by atoms with Crippen LogP contribution in [0.1, 0.15) is 66.1 Å². The van der Waals surface area contributed by atoms with Crippen molar-refractivity contribution in [3.8, 4) is 5.75 Å². The fraction of sp³-hybridized carbons (Fsp3) is 0.481. The molecule has 1 aromatic carbocycles. The summed E-state index contributed by atoms with van der Waals surface area (Å²) in [7, 11) is 0. The lowest BCUT2D eigenvalue weighted by Gasteiger charge is -2.32. The fourth-order valence-corrected chi connectivity index (χ4v) is 5.64. The quantitative estimate of drug-likeness (QED) is 0.433. The maximum Gasteiger partial charge on any atom is 0.573 e. The third-order valence-electron chi connectivity index (χ3n) is 7.67. The van der Waals surface area contributed by atoms with Gasteiger partial charge in [0.15, 0.2) is 0 Å². The van der Waals surface area contributed by atoms with E-state index in [1.54, 1.807) is 4.90 Å². The van der Waals surface area contributed by atoms with Gasteiger partial charge in [-0.15, -0.1) is 13.2 Å². The summed E-state index contributed by atoms with van der Waals surface area (Å²) in [5, 5.41) is 0.818. The highest BCUT2D eigenvalue weighted by molar-refractivity contribution is 5.94. The zero-order valence-electron chi connectivity index (χ0n) is 20.7. The minimum Gasteiger partial charge on any atom is -0.406 e. The molecule has 0 bridgehead atoms. The number of piperidine rings is 2. The Bertz CT molecular complexity index is 1240. The number of rotatable bonds is 5. The molecule has 198 valence electrons. The van der Waals surface area contributed by atoms with Crippen molar-refractivity contribution < 1.29 is 27.1 Å². The molecule has 0 spiro atoms. The Balaban J connectivity index is 1.27. The van der Waals surface area contributed by atoms with Crippen molar-refractivity contribution in [2.45, 2.75) is 50.8 Å². The number of likely N-dealkylation sites (tertiary alicyclic amines) is 2. The number of ether oxygens (including phenoxy) is 1. The van der Waals surface area contributed by atoms with E-state index in [0.717, 1.165) is 55.7 Å². The molecule has 2 aliphatic heterocycles. The Morgan fingerprint density at radius 3 is 2.32 bits per heavy atom. The van der Waals surface area contributed by atoms with Crippen molar-refractivity contribution in [1.82, 2.24) is 19.8 Å². The lowest BCUT2D eigenvalue weighted by Crippen LogP contribution is -2.38. The Morgan fingerprint density at radius 2 is 1.70 bits per heavy atom. The summed E-state index contributed by atoms with van der Waals surface area (Å²) in [4.78, 5) is 24.7. The number of halogens is 4. The number of amides is 1. The smallest absolute Gasteiger partial charge is 0.406 e. The zero-order valence-corrected chi connectivity index (χ0v) is 20.7. The van der Waals surface area contributed by atoms with E-state index < -0.39 is 6.36 Å². The third kappa shape index (κ3) is 5.58. The maximum absolute atomic E-state index is 15.1. The van der Waals surface area contributed by atoms with Crippen LogP contribution in [0.25, 0.3) is 11.0 Å². The van der Waals surface area contributed by atoms with Gasteiger partial charge < -0.3 is 19.5 Å². The highest BCUT2D eigenvalue weighted by Gasteiger charge is 2.32. The molecule has 1 amide bonds. The van der Waals surface area contributed by atoms with Crippen LogP contribution in [0.2, 0.25) is 0 Å². The van der Waals surface area contributed by atoms with Gasteiger partial charge in [-0.25, -0.2) is 9.37 Å². The van der Waals surface area contributed by atoms with E-state index >= 15 is 4.39 Å². The Kier molecular flexibility index (Phi) is 7.11. The van der Waals surface area contributed by atoms with E-state index in [0.29, 0.717) is 43.1 Å². The average molecular weight is 519 g/mol. The van der Waals surface area contributed by atoms with Gasteiger partial charge in [0.25, 0.3) is 5.91 Å². The number of fused-ring (bicyclic) bond motifs is 1. The number of carbonyl (C=O) groups excluding carboxylic acids is 1. The van der Waals surface area contributed by atoms with E-state index in [9.17, 15) is 18.0 Å². The molecular weight excluding hydrogens is 488 g/mol. The van der Waals surface area contributed by atoms with Crippen molar-refractivity contribution in [2.24, 2.45) is 0 Å². The van der Waals surface area contributed by atoms with Crippen LogP contribution in [0.4, 0.5) is 17.6 Å². The molecule has 0 aliphatic carbocycles. The van der Waals surface area contributed by atoms with E-state index in [1.165, 1.54) is 18.3 Å². The van der Waals surface area contributed by atoms with Crippen molar-refractivity contribution in [1.29, 1.82) is 0 Å². The SMILES string of the molecule is CCN1CCC(c2cc3c(C4CCN(C(=O)c5ccc(OC(F)(F)F)cc5)CC4)c(F)cnc3[nH]2)CC1. The zero-order chi connectivity index (χ0) is 26.2. The molecule has 2 fully saturated rings. The summed E-state index contributed by atoms with van der Waals surface area (Å²) in [5.41, 5.74) is 2.74. The predicted molar refractivity (Wildman–Crippen MR) is 131 cm³/mol. The summed E-state index contributed by atoms with van der Waals surface area (Å²) in [6, 6.07) is 6.98. The number of H-pyrrole nitrogens is 1. The second kappa shape index (κ2) is 10.3. The number of hydrogen-bond acceptors (Lipinski definition) is 4. The first-order chi connectivity index (χ1) is 17.7. The number of aromatic amines is 1. The predicted octanol–water partition coefficient (Wildman–Crippen LogP) is 5.82. The highest BCUT2D eigenvalue weighted by Crippen LogP contribution is 2.37. The topological polar surface area (TPSA) is 61.5 Å². The third-order valence-corrected chi connectivity index (χ3v) is 7.67. The first-order valence-corrected chi connectivity index (χ1v) is 12.8. The minimum atomic E-state index is -4.78. The van der Waals surface area contributed by atoms with Crippen molar-refractivity contribution in [3.63, 3.8) is 0 Å². The fourth-order valence-electron chi connectivity index (χ4n) is 5.64. The first-order valence-electron chi connectivity index (χ1n) is 12.8. The number of hydrogen-bond donors (Lipinski definition) is 1. The molecule has 4 heterocycles. The van der Waals surface area contributed by atoms with Crippen molar-refractivity contribution >= 4 is 16.9 Å². The molecule has 37 heavy (non-hydrogen) atoms. The van der Waals surface area contributed by atoms with Crippen LogP contribution in [0.15, 0.2) is 36.5 Å². The Hall–Kier alpha value is -3.14. The number of benzene rings is 1. The van der Waals surface area contributed by atoms with Crippen LogP contribution in [0.5, 0.6) is 5.75 Å². The van der Waals surface area contributed by atoms with Crippen LogP contribution >= 0.6 is 0 Å². The first kappa shape index (κ1) is 25.5. The molecule has 10 heteroatoms. The molecule has 2 aliphatic rings. The second-order valence-corrected chi connectivity index (χ2v) is 9.85. The summed E-state index contributed by atoms with van der Waals surface area (Å²) < 4.78 is 56.1. The molecule has 0 unspecified atom stereocenters. The lowest BCUT2D eigenvalue weighted by atomic mass is 9.87. The van der Waals surface area contributed by atoms with Gasteiger partial charge in [0, 0.05) is 41.2 Å². The highest BCUT2D eigenvalue weighted by atomic mass is 19.4.